The Bertz CT molecular complexity index is 926. The number of hydrazone groups is 1. The zero-order chi connectivity index (χ0) is 17.8. The van der Waals surface area contributed by atoms with Crippen LogP contribution in [-0.2, 0) is 4.79 Å². The van der Waals surface area contributed by atoms with E-state index < -0.39 is 0 Å². The van der Waals surface area contributed by atoms with E-state index in [9.17, 15) is 4.79 Å². The molecule has 0 saturated heterocycles. The van der Waals surface area contributed by atoms with Gasteiger partial charge in [-0.25, -0.2) is 10.1 Å². The topological polar surface area (TPSA) is 59.3 Å². The van der Waals surface area contributed by atoms with Crippen molar-refractivity contribution in [3.8, 4) is 16.9 Å². The second-order valence-corrected chi connectivity index (χ2v) is 5.96. The Balaban J connectivity index is 2.09. The van der Waals surface area contributed by atoms with Gasteiger partial charge in [-0.15, -0.1) is 0 Å². The molecule has 3 rings (SSSR count). The number of rotatable bonds is 4. The molecule has 2 aromatic carbocycles. The molecule has 5 nitrogen and oxygen atoms in total. The minimum atomic E-state index is -0.209. The van der Waals surface area contributed by atoms with E-state index in [-0.39, 0.29) is 5.91 Å². The van der Waals surface area contributed by atoms with E-state index >= 15 is 0 Å². The van der Waals surface area contributed by atoms with Gasteiger partial charge in [0.2, 0.25) is 5.91 Å². The van der Waals surface area contributed by atoms with Crippen molar-refractivity contribution in [2.75, 3.05) is 0 Å². The predicted molar refractivity (Wildman–Crippen MR) is 99.9 cm³/mol. The van der Waals surface area contributed by atoms with Gasteiger partial charge >= 0.3 is 0 Å². The molecule has 1 N–H and O–H groups in total. The Morgan fingerprint density at radius 2 is 1.92 bits per heavy atom. The molecule has 1 heterocycles. The van der Waals surface area contributed by atoms with Crippen LogP contribution < -0.4 is 5.43 Å². The van der Waals surface area contributed by atoms with Crippen molar-refractivity contribution in [1.29, 1.82) is 0 Å². The molecule has 0 spiro atoms. The summed E-state index contributed by atoms with van der Waals surface area (Å²) in [5.74, 6) is -0.209. The monoisotopic (exact) mass is 332 g/mol. The van der Waals surface area contributed by atoms with Crippen molar-refractivity contribution in [1.82, 2.24) is 15.2 Å². The average molecular weight is 332 g/mol. The molecule has 0 bridgehead atoms. The van der Waals surface area contributed by atoms with Crippen LogP contribution in [0.2, 0.25) is 0 Å². The van der Waals surface area contributed by atoms with Gasteiger partial charge in [0.1, 0.15) is 5.69 Å². The first-order chi connectivity index (χ1) is 12.0. The molecular formula is C20H20N4O. The van der Waals surface area contributed by atoms with Crippen LogP contribution in [0.15, 0.2) is 59.8 Å². The third-order valence-corrected chi connectivity index (χ3v) is 3.83. The molecule has 0 aliphatic heterocycles. The summed E-state index contributed by atoms with van der Waals surface area (Å²) >= 11 is 0. The van der Waals surface area contributed by atoms with Gasteiger partial charge in [-0.05, 0) is 31.5 Å². The predicted octanol–water partition coefficient (Wildman–Crippen LogP) is 3.63. The first-order valence-corrected chi connectivity index (χ1v) is 8.07. The molecule has 1 amide bonds. The molecule has 0 unspecified atom stereocenters. The van der Waals surface area contributed by atoms with Crippen molar-refractivity contribution in [2.45, 2.75) is 20.8 Å². The Morgan fingerprint density at radius 1 is 1.16 bits per heavy atom. The van der Waals surface area contributed by atoms with Gasteiger partial charge in [0.15, 0.2) is 0 Å². The van der Waals surface area contributed by atoms with Crippen molar-refractivity contribution >= 4 is 12.1 Å². The van der Waals surface area contributed by atoms with Crippen LogP contribution in [0.4, 0.5) is 0 Å². The number of amides is 1. The zero-order valence-corrected chi connectivity index (χ0v) is 14.5. The fourth-order valence-corrected chi connectivity index (χ4v) is 2.68. The number of nitrogens with one attached hydrogen (secondary N) is 1. The molecule has 5 heteroatoms. The highest BCUT2D eigenvalue weighted by molar-refractivity contribution is 5.90. The van der Waals surface area contributed by atoms with Crippen LogP contribution in [0.3, 0.4) is 0 Å². The molecule has 0 aliphatic carbocycles. The minimum Gasteiger partial charge on any atom is -0.274 e. The smallest absolute Gasteiger partial charge is 0.236 e. The number of hydrogen-bond acceptors (Lipinski definition) is 3. The highest BCUT2D eigenvalue weighted by Crippen LogP contribution is 2.26. The largest absolute Gasteiger partial charge is 0.274 e. The van der Waals surface area contributed by atoms with Crippen molar-refractivity contribution in [2.24, 2.45) is 5.10 Å². The van der Waals surface area contributed by atoms with Crippen LogP contribution in [0, 0.1) is 13.8 Å². The number of aromatic nitrogens is 2. The summed E-state index contributed by atoms with van der Waals surface area (Å²) in [6, 6.07) is 16.2. The normalized spacial score (nSPS) is 11.0. The van der Waals surface area contributed by atoms with Crippen LogP contribution in [0.1, 0.15) is 23.6 Å². The first kappa shape index (κ1) is 16.6. The van der Waals surface area contributed by atoms with Gasteiger partial charge in [0.05, 0.1) is 11.9 Å². The summed E-state index contributed by atoms with van der Waals surface area (Å²) in [6.45, 7) is 5.56. The molecule has 0 radical (unpaired) electrons. The lowest BCUT2D eigenvalue weighted by Crippen LogP contribution is -2.12. The summed E-state index contributed by atoms with van der Waals surface area (Å²) in [5, 5.41) is 8.76. The lowest BCUT2D eigenvalue weighted by atomic mass is 10.0. The Kier molecular flexibility index (Phi) is 4.75. The van der Waals surface area contributed by atoms with Gasteiger partial charge in [0, 0.05) is 24.2 Å². The van der Waals surface area contributed by atoms with E-state index in [0.29, 0.717) is 0 Å². The summed E-state index contributed by atoms with van der Waals surface area (Å²) in [7, 11) is 0. The number of para-hydroxylation sites is 1. The first-order valence-electron chi connectivity index (χ1n) is 8.07. The molecule has 3 aromatic rings. The Labute approximate surface area is 147 Å². The maximum absolute atomic E-state index is 11.1. The fraction of sp³-hybridized carbons (Fsp3) is 0.150. The summed E-state index contributed by atoms with van der Waals surface area (Å²) in [4.78, 5) is 11.1. The second kappa shape index (κ2) is 7.13. The van der Waals surface area contributed by atoms with E-state index in [0.717, 1.165) is 28.1 Å². The van der Waals surface area contributed by atoms with E-state index in [1.807, 2.05) is 41.2 Å². The van der Waals surface area contributed by atoms with Gasteiger partial charge in [-0.2, -0.15) is 10.2 Å². The van der Waals surface area contributed by atoms with Crippen LogP contribution in [0.5, 0.6) is 0 Å². The highest BCUT2D eigenvalue weighted by atomic mass is 16.2. The van der Waals surface area contributed by atoms with Crippen molar-refractivity contribution in [3.63, 3.8) is 0 Å². The molecule has 1 aromatic heterocycles. The number of nitrogens with zero attached hydrogens (tertiary/aromatic N) is 3. The summed E-state index contributed by atoms with van der Waals surface area (Å²) in [5.41, 5.74) is 8.47. The number of benzene rings is 2. The third kappa shape index (κ3) is 3.83. The molecule has 0 aliphatic rings. The van der Waals surface area contributed by atoms with E-state index in [2.05, 4.69) is 42.6 Å². The highest BCUT2D eigenvalue weighted by Gasteiger charge is 2.13. The Hall–Kier alpha value is -3.21. The van der Waals surface area contributed by atoms with Crippen molar-refractivity contribution in [3.05, 3.63) is 71.4 Å². The average Bonchev–Trinajstić information content (AvgIpc) is 2.99. The molecule has 0 saturated carbocycles. The van der Waals surface area contributed by atoms with Gasteiger partial charge < -0.3 is 0 Å². The third-order valence-electron chi connectivity index (χ3n) is 3.83. The zero-order valence-electron chi connectivity index (χ0n) is 14.5. The summed E-state index contributed by atoms with van der Waals surface area (Å²) < 4.78 is 1.82. The quantitative estimate of drug-likeness (QED) is 0.586. The minimum absolute atomic E-state index is 0.209. The van der Waals surface area contributed by atoms with E-state index in [4.69, 9.17) is 5.10 Å². The van der Waals surface area contributed by atoms with Crippen LogP contribution in [0.25, 0.3) is 16.9 Å². The van der Waals surface area contributed by atoms with Crippen LogP contribution >= 0.6 is 0 Å². The molecular weight excluding hydrogens is 312 g/mol. The maximum Gasteiger partial charge on any atom is 0.236 e. The molecule has 0 fully saturated rings. The van der Waals surface area contributed by atoms with Crippen LogP contribution in [-0.4, -0.2) is 21.9 Å². The number of aryl methyl sites for hydroxylation is 2. The van der Waals surface area contributed by atoms with E-state index in [1.165, 1.54) is 12.5 Å². The number of carbonyl (C=O) groups is 1. The van der Waals surface area contributed by atoms with Gasteiger partial charge in [-0.1, -0.05) is 42.0 Å². The van der Waals surface area contributed by atoms with Gasteiger partial charge in [-0.3, -0.25) is 4.79 Å². The standard InChI is InChI=1S/C20H20N4O/c1-14-9-10-19(15(2)11-14)20-17(12-21-22-16(3)25)13-24(23-20)18-7-5-4-6-8-18/h4-13H,1-3H3,(H,22,25)/b21-12-. The van der Waals surface area contributed by atoms with E-state index in [1.54, 1.807) is 6.21 Å². The number of carbonyl (C=O) groups excluding carboxylic acids is 1. The number of hydrogen-bond donors (Lipinski definition) is 1. The SMILES string of the molecule is CC(=O)N/N=C\c1cn(-c2ccccc2)nc1-c1ccc(C)cc1C. The van der Waals surface area contributed by atoms with Crippen molar-refractivity contribution < 1.29 is 4.79 Å². The maximum atomic E-state index is 11.1. The van der Waals surface area contributed by atoms with Gasteiger partial charge in [0.25, 0.3) is 0 Å². The molecule has 126 valence electrons. The Morgan fingerprint density at radius 3 is 2.60 bits per heavy atom. The second-order valence-electron chi connectivity index (χ2n) is 5.96. The lowest BCUT2D eigenvalue weighted by molar-refractivity contribution is -0.118. The summed E-state index contributed by atoms with van der Waals surface area (Å²) in [6.07, 6.45) is 3.54. The lowest BCUT2D eigenvalue weighted by Gasteiger charge is -2.05. The molecule has 0 atom stereocenters. The molecule has 25 heavy (non-hydrogen) atoms. The fourth-order valence-electron chi connectivity index (χ4n) is 2.68.